The summed E-state index contributed by atoms with van der Waals surface area (Å²) < 4.78 is 13.7. The molecule has 0 saturated carbocycles. The summed E-state index contributed by atoms with van der Waals surface area (Å²) >= 11 is 0. The molecule has 0 radical (unpaired) electrons. The van der Waals surface area contributed by atoms with Crippen molar-refractivity contribution in [3.8, 4) is 33.8 Å². The Bertz CT molecular complexity index is 1640. The quantitative estimate of drug-likeness (QED) is 0.316. The summed E-state index contributed by atoms with van der Waals surface area (Å²) in [5, 5.41) is 2.17. The first-order chi connectivity index (χ1) is 15.9. The lowest BCUT2D eigenvalue weighted by molar-refractivity contribution is 0.174. The average molecular weight is 414 g/mol. The molecule has 3 heterocycles. The zero-order chi connectivity index (χ0) is 21.1. The molecule has 2 aromatic heterocycles. The topological polar surface area (TPSA) is 35.8 Å². The summed E-state index contributed by atoms with van der Waals surface area (Å²) in [6, 6.07) is 31.4. The largest absolute Gasteiger partial charge is 0.454 e. The van der Waals surface area contributed by atoms with Crippen LogP contribution in [0.3, 0.4) is 0 Å². The minimum absolute atomic E-state index is 0.242. The first kappa shape index (κ1) is 17.4. The van der Waals surface area contributed by atoms with Crippen LogP contribution in [0, 0.1) is 0 Å². The molecule has 4 heteroatoms. The third kappa shape index (κ3) is 2.41. The number of fused-ring (bicyclic) bond motifs is 6. The molecule has 0 N–H and O–H groups in total. The molecular weight excluding hydrogens is 396 g/mol. The minimum Gasteiger partial charge on any atom is -0.454 e. The number of pyridine rings is 1. The van der Waals surface area contributed by atoms with Crippen molar-refractivity contribution in [1.82, 2.24) is 9.38 Å². The van der Waals surface area contributed by atoms with Crippen LogP contribution in [0.15, 0.2) is 97.2 Å². The van der Waals surface area contributed by atoms with Crippen molar-refractivity contribution in [3.05, 3.63) is 97.2 Å². The van der Waals surface area contributed by atoms with E-state index in [9.17, 15) is 0 Å². The normalized spacial score (nSPS) is 12.8. The number of hydrogen-bond acceptors (Lipinski definition) is 3. The van der Waals surface area contributed by atoms with Gasteiger partial charge in [0.05, 0.1) is 11.0 Å². The van der Waals surface area contributed by atoms with E-state index in [1.54, 1.807) is 0 Å². The fourth-order valence-electron chi connectivity index (χ4n) is 4.81. The second-order valence-corrected chi connectivity index (χ2v) is 7.97. The fourth-order valence-corrected chi connectivity index (χ4v) is 4.81. The molecule has 0 spiro atoms. The summed E-state index contributed by atoms with van der Waals surface area (Å²) in [4.78, 5) is 5.06. The summed E-state index contributed by atoms with van der Waals surface area (Å²) in [5.74, 6) is 1.54. The molecule has 7 rings (SSSR count). The number of aromatic nitrogens is 2. The first-order valence-electron chi connectivity index (χ1n) is 10.7. The van der Waals surface area contributed by atoms with Gasteiger partial charge >= 0.3 is 0 Å². The molecule has 0 unspecified atom stereocenters. The zero-order valence-electron chi connectivity index (χ0n) is 17.2. The van der Waals surface area contributed by atoms with Gasteiger partial charge in [-0.2, -0.15) is 0 Å². The minimum atomic E-state index is 0.242. The Balaban J connectivity index is 1.79. The number of rotatable bonds is 2. The molecule has 0 bridgehead atoms. The molecule has 1 aliphatic heterocycles. The molecule has 4 aromatic carbocycles. The fraction of sp³-hybridized carbons (Fsp3) is 0.0357. The molecule has 0 aliphatic carbocycles. The Kier molecular flexibility index (Phi) is 3.58. The van der Waals surface area contributed by atoms with Gasteiger partial charge in [-0.05, 0) is 46.3 Å². The van der Waals surface area contributed by atoms with Gasteiger partial charge in [-0.1, -0.05) is 66.7 Å². The van der Waals surface area contributed by atoms with E-state index in [2.05, 4.69) is 95.5 Å². The maximum Gasteiger partial charge on any atom is 0.231 e. The van der Waals surface area contributed by atoms with Gasteiger partial charge in [0.15, 0.2) is 11.5 Å². The number of hydrogen-bond donors (Lipinski definition) is 0. The Hall–Kier alpha value is -4.31. The predicted molar refractivity (Wildman–Crippen MR) is 127 cm³/mol. The van der Waals surface area contributed by atoms with Gasteiger partial charge in [0.1, 0.15) is 5.65 Å². The van der Waals surface area contributed by atoms with Gasteiger partial charge in [0.2, 0.25) is 6.79 Å². The predicted octanol–water partition coefficient (Wildman–Crippen LogP) is 6.70. The summed E-state index contributed by atoms with van der Waals surface area (Å²) in [5.41, 5.74) is 7.62. The van der Waals surface area contributed by atoms with E-state index in [1.807, 2.05) is 6.07 Å². The van der Waals surface area contributed by atoms with Crippen LogP contribution in [-0.4, -0.2) is 16.2 Å². The Morgan fingerprint density at radius 1 is 0.656 bits per heavy atom. The van der Waals surface area contributed by atoms with E-state index in [0.717, 1.165) is 55.6 Å². The first-order valence-corrected chi connectivity index (χ1v) is 10.7. The Morgan fingerprint density at radius 3 is 2.00 bits per heavy atom. The van der Waals surface area contributed by atoms with Gasteiger partial charge in [-0.15, -0.1) is 0 Å². The summed E-state index contributed by atoms with van der Waals surface area (Å²) in [7, 11) is 0. The molecule has 0 amide bonds. The smallest absolute Gasteiger partial charge is 0.231 e. The number of ether oxygens (including phenoxy) is 2. The van der Waals surface area contributed by atoms with Crippen molar-refractivity contribution in [3.63, 3.8) is 0 Å². The van der Waals surface area contributed by atoms with Crippen molar-refractivity contribution in [2.45, 2.75) is 0 Å². The molecule has 6 aromatic rings. The second-order valence-electron chi connectivity index (χ2n) is 7.97. The molecule has 32 heavy (non-hydrogen) atoms. The van der Waals surface area contributed by atoms with Crippen molar-refractivity contribution in [1.29, 1.82) is 0 Å². The lowest BCUT2D eigenvalue weighted by Gasteiger charge is -2.17. The van der Waals surface area contributed by atoms with Crippen LogP contribution < -0.4 is 9.47 Å². The molecule has 0 saturated heterocycles. The highest BCUT2D eigenvalue weighted by Gasteiger charge is 2.24. The molecular formula is C28H18N2O2. The monoisotopic (exact) mass is 414 g/mol. The van der Waals surface area contributed by atoms with E-state index in [0.29, 0.717) is 0 Å². The van der Waals surface area contributed by atoms with Crippen LogP contribution in [-0.2, 0) is 0 Å². The molecule has 0 atom stereocenters. The summed E-state index contributed by atoms with van der Waals surface area (Å²) in [6.45, 7) is 0.242. The van der Waals surface area contributed by atoms with E-state index < -0.39 is 0 Å². The SMILES string of the molecule is c1ccc(-c2c(-c3ccccc3)c3c(nc4ccccn43)c3cc4c(cc23)OCO4)cc1. The van der Waals surface area contributed by atoms with E-state index in [1.165, 1.54) is 5.56 Å². The maximum atomic E-state index is 5.77. The van der Waals surface area contributed by atoms with Crippen molar-refractivity contribution in [2.75, 3.05) is 6.79 Å². The number of imidazole rings is 1. The Labute approximate surface area is 184 Å². The third-order valence-electron chi connectivity index (χ3n) is 6.18. The van der Waals surface area contributed by atoms with Gasteiger partial charge in [0.25, 0.3) is 0 Å². The van der Waals surface area contributed by atoms with Crippen LogP contribution in [0.4, 0.5) is 0 Å². The lowest BCUT2D eigenvalue weighted by Crippen LogP contribution is -1.93. The van der Waals surface area contributed by atoms with Crippen molar-refractivity contribution >= 4 is 27.5 Å². The van der Waals surface area contributed by atoms with Gasteiger partial charge in [0, 0.05) is 17.1 Å². The molecule has 152 valence electrons. The molecule has 0 fully saturated rings. The number of nitrogens with zero attached hydrogens (tertiary/aromatic N) is 2. The average Bonchev–Trinajstić information content (AvgIpc) is 3.47. The lowest BCUT2D eigenvalue weighted by atomic mass is 9.88. The van der Waals surface area contributed by atoms with Gasteiger partial charge in [-0.25, -0.2) is 4.98 Å². The van der Waals surface area contributed by atoms with Crippen LogP contribution >= 0.6 is 0 Å². The van der Waals surface area contributed by atoms with Crippen molar-refractivity contribution in [2.24, 2.45) is 0 Å². The highest BCUT2D eigenvalue weighted by molar-refractivity contribution is 6.21. The van der Waals surface area contributed by atoms with Crippen LogP contribution in [0.25, 0.3) is 49.7 Å². The van der Waals surface area contributed by atoms with E-state index >= 15 is 0 Å². The summed E-state index contributed by atoms with van der Waals surface area (Å²) in [6.07, 6.45) is 2.09. The molecule has 1 aliphatic rings. The van der Waals surface area contributed by atoms with Crippen LogP contribution in [0.5, 0.6) is 11.5 Å². The van der Waals surface area contributed by atoms with E-state index in [4.69, 9.17) is 14.5 Å². The Morgan fingerprint density at radius 2 is 1.28 bits per heavy atom. The highest BCUT2D eigenvalue weighted by atomic mass is 16.7. The van der Waals surface area contributed by atoms with Crippen LogP contribution in [0.1, 0.15) is 0 Å². The van der Waals surface area contributed by atoms with E-state index in [-0.39, 0.29) is 6.79 Å². The zero-order valence-corrected chi connectivity index (χ0v) is 17.2. The molecule has 4 nitrogen and oxygen atoms in total. The second kappa shape index (κ2) is 6.59. The third-order valence-corrected chi connectivity index (χ3v) is 6.18. The maximum absolute atomic E-state index is 5.77. The van der Waals surface area contributed by atoms with Crippen molar-refractivity contribution < 1.29 is 9.47 Å². The van der Waals surface area contributed by atoms with Gasteiger partial charge < -0.3 is 9.47 Å². The number of benzene rings is 4. The highest BCUT2D eigenvalue weighted by Crippen LogP contribution is 2.48. The standard InChI is InChI=1S/C28H18N2O2/c1-3-9-18(10-4-1)25-20-15-22-23(32-17-31-22)16-21(20)27-28(26(25)19-11-5-2-6-12-19)30-14-8-7-13-24(30)29-27/h1-16H,17H2. The van der Waals surface area contributed by atoms with Gasteiger partial charge in [-0.3, -0.25) is 4.40 Å². The van der Waals surface area contributed by atoms with Crippen LogP contribution in [0.2, 0.25) is 0 Å².